The van der Waals surface area contributed by atoms with Crippen LogP contribution in [0.15, 0.2) is 24.3 Å². The molecule has 0 aliphatic heterocycles. The SMILES string of the molecule is CNC(CCOC)Cc1nc2ccccc2n1C. The highest BCUT2D eigenvalue weighted by molar-refractivity contribution is 5.75. The van der Waals surface area contributed by atoms with Crippen molar-refractivity contribution in [3.05, 3.63) is 30.1 Å². The van der Waals surface area contributed by atoms with Gasteiger partial charge in [0.1, 0.15) is 5.82 Å². The van der Waals surface area contributed by atoms with Crippen molar-refractivity contribution in [3.8, 4) is 0 Å². The summed E-state index contributed by atoms with van der Waals surface area (Å²) in [5.74, 6) is 1.12. The summed E-state index contributed by atoms with van der Waals surface area (Å²) in [6.45, 7) is 0.773. The van der Waals surface area contributed by atoms with Gasteiger partial charge in [0.25, 0.3) is 0 Å². The number of benzene rings is 1. The van der Waals surface area contributed by atoms with Crippen LogP contribution in [-0.4, -0.2) is 36.4 Å². The van der Waals surface area contributed by atoms with E-state index in [0.29, 0.717) is 6.04 Å². The molecule has 0 amide bonds. The summed E-state index contributed by atoms with van der Waals surface area (Å²) in [5, 5.41) is 3.32. The normalized spacial score (nSPS) is 13.1. The molecule has 2 aromatic rings. The van der Waals surface area contributed by atoms with Gasteiger partial charge in [0, 0.05) is 33.2 Å². The van der Waals surface area contributed by atoms with Crippen molar-refractivity contribution in [2.45, 2.75) is 18.9 Å². The summed E-state index contributed by atoms with van der Waals surface area (Å²) >= 11 is 0. The highest BCUT2D eigenvalue weighted by atomic mass is 16.5. The monoisotopic (exact) mass is 247 g/mol. The fraction of sp³-hybridized carbons (Fsp3) is 0.500. The van der Waals surface area contributed by atoms with Crippen LogP contribution in [0.1, 0.15) is 12.2 Å². The third-order valence-corrected chi connectivity index (χ3v) is 3.39. The molecule has 0 fully saturated rings. The van der Waals surface area contributed by atoms with E-state index in [4.69, 9.17) is 9.72 Å². The number of fused-ring (bicyclic) bond motifs is 1. The van der Waals surface area contributed by atoms with E-state index in [1.54, 1.807) is 7.11 Å². The molecule has 1 aromatic heterocycles. The van der Waals surface area contributed by atoms with Crippen LogP contribution in [0.5, 0.6) is 0 Å². The van der Waals surface area contributed by atoms with Gasteiger partial charge >= 0.3 is 0 Å². The first-order valence-electron chi connectivity index (χ1n) is 6.32. The lowest BCUT2D eigenvalue weighted by Crippen LogP contribution is -2.30. The van der Waals surface area contributed by atoms with Gasteiger partial charge in [-0.1, -0.05) is 12.1 Å². The maximum atomic E-state index is 5.13. The Kier molecular flexibility index (Phi) is 4.33. The molecule has 1 aromatic carbocycles. The van der Waals surface area contributed by atoms with Crippen molar-refractivity contribution >= 4 is 11.0 Å². The summed E-state index contributed by atoms with van der Waals surface area (Å²) in [6.07, 6.45) is 1.92. The highest BCUT2D eigenvalue weighted by Gasteiger charge is 2.12. The Morgan fingerprint density at radius 2 is 2.17 bits per heavy atom. The lowest BCUT2D eigenvalue weighted by molar-refractivity contribution is 0.183. The van der Waals surface area contributed by atoms with Gasteiger partial charge in [-0.15, -0.1) is 0 Å². The zero-order valence-electron chi connectivity index (χ0n) is 11.3. The van der Waals surface area contributed by atoms with Crippen LogP contribution >= 0.6 is 0 Å². The summed E-state index contributed by atoms with van der Waals surface area (Å²) in [6, 6.07) is 8.64. The number of nitrogens with zero attached hydrogens (tertiary/aromatic N) is 2. The average molecular weight is 247 g/mol. The molecule has 0 radical (unpaired) electrons. The molecule has 98 valence electrons. The van der Waals surface area contributed by atoms with Crippen molar-refractivity contribution < 1.29 is 4.74 Å². The zero-order valence-corrected chi connectivity index (χ0v) is 11.3. The van der Waals surface area contributed by atoms with E-state index < -0.39 is 0 Å². The number of aromatic nitrogens is 2. The number of nitrogens with one attached hydrogen (secondary N) is 1. The number of rotatable bonds is 6. The van der Waals surface area contributed by atoms with Crippen LogP contribution < -0.4 is 5.32 Å². The fourth-order valence-corrected chi connectivity index (χ4v) is 2.21. The second kappa shape index (κ2) is 5.98. The number of hydrogen-bond donors (Lipinski definition) is 1. The molecule has 18 heavy (non-hydrogen) atoms. The van der Waals surface area contributed by atoms with Gasteiger partial charge < -0.3 is 14.6 Å². The molecule has 1 N–H and O–H groups in total. The summed E-state index contributed by atoms with van der Waals surface area (Å²) < 4.78 is 7.31. The molecule has 0 aliphatic carbocycles. The molecule has 0 aliphatic rings. The molecule has 0 bridgehead atoms. The third kappa shape index (κ3) is 2.71. The average Bonchev–Trinajstić information content (AvgIpc) is 2.72. The summed E-state index contributed by atoms with van der Waals surface area (Å²) in [4.78, 5) is 4.69. The molecule has 4 nitrogen and oxygen atoms in total. The number of aryl methyl sites for hydroxylation is 1. The van der Waals surface area contributed by atoms with Gasteiger partial charge in [-0.2, -0.15) is 0 Å². The topological polar surface area (TPSA) is 39.1 Å². The van der Waals surface area contributed by atoms with E-state index in [0.717, 1.165) is 30.8 Å². The maximum absolute atomic E-state index is 5.13. The van der Waals surface area contributed by atoms with Gasteiger partial charge in [0.2, 0.25) is 0 Å². The summed E-state index contributed by atoms with van der Waals surface area (Å²) in [5.41, 5.74) is 2.26. The van der Waals surface area contributed by atoms with E-state index in [1.165, 1.54) is 5.52 Å². The lowest BCUT2D eigenvalue weighted by Gasteiger charge is -2.15. The standard InChI is InChI=1S/C14H21N3O/c1-15-11(8-9-18-3)10-14-16-12-6-4-5-7-13(12)17(14)2/h4-7,11,15H,8-10H2,1-3H3. The minimum Gasteiger partial charge on any atom is -0.385 e. The first-order chi connectivity index (χ1) is 8.76. The van der Waals surface area contributed by atoms with Crippen LogP contribution in [-0.2, 0) is 18.2 Å². The quantitative estimate of drug-likeness (QED) is 0.845. The zero-order chi connectivity index (χ0) is 13.0. The third-order valence-electron chi connectivity index (χ3n) is 3.39. The van der Waals surface area contributed by atoms with Crippen LogP contribution in [0.3, 0.4) is 0 Å². The fourth-order valence-electron chi connectivity index (χ4n) is 2.21. The van der Waals surface area contributed by atoms with Crippen LogP contribution in [0.4, 0.5) is 0 Å². The molecule has 1 atom stereocenters. The van der Waals surface area contributed by atoms with E-state index in [1.807, 2.05) is 19.2 Å². The Morgan fingerprint density at radius 3 is 2.83 bits per heavy atom. The summed E-state index contributed by atoms with van der Waals surface area (Å²) in [7, 11) is 5.80. The predicted molar refractivity (Wildman–Crippen MR) is 73.8 cm³/mol. The van der Waals surface area contributed by atoms with Crippen molar-refractivity contribution in [2.24, 2.45) is 7.05 Å². The molecular formula is C14H21N3O. The Balaban J connectivity index is 2.17. The van der Waals surface area contributed by atoms with E-state index in [-0.39, 0.29) is 0 Å². The lowest BCUT2D eigenvalue weighted by atomic mass is 10.1. The molecule has 1 heterocycles. The smallest absolute Gasteiger partial charge is 0.111 e. The first-order valence-corrected chi connectivity index (χ1v) is 6.32. The minimum absolute atomic E-state index is 0.403. The number of imidazole rings is 1. The molecule has 4 heteroatoms. The second-order valence-corrected chi connectivity index (χ2v) is 4.55. The molecule has 2 rings (SSSR count). The van der Waals surface area contributed by atoms with E-state index in [2.05, 4.69) is 29.1 Å². The number of methoxy groups -OCH3 is 1. The minimum atomic E-state index is 0.403. The Labute approximate surface area is 108 Å². The first kappa shape index (κ1) is 13.1. The largest absolute Gasteiger partial charge is 0.385 e. The number of ether oxygens (including phenoxy) is 1. The second-order valence-electron chi connectivity index (χ2n) is 4.55. The van der Waals surface area contributed by atoms with Gasteiger partial charge in [0.15, 0.2) is 0 Å². The molecular weight excluding hydrogens is 226 g/mol. The van der Waals surface area contributed by atoms with Gasteiger partial charge in [0.05, 0.1) is 11.0 Å². The number of para-hydroxylation sites is 2. The number of likely N-dealkylation sites (N-methyl/N-ethyl adjacent to an activating group) is 1. The molecule has 1 unspecified atom stereocenters. The Morgan fingerprint density at radius 1 is 1.39 bits per heavy atom. The van der Waals surface area contributed by atoms with Crippen molar-refractivity contribution in [2.75, 3.05) is 20.8 Å². The van der Waals surface area contributed by atoms with Gasteiger partial charge in [-0.3, -0.25) is 0 Å². The predicted octanol–water partition coefficient (Wildman–Crippen LogP) is 1.74. The van der Waals surface area contributed by atoms with Crippen LogP contribution in [0, 0.1) is 0 Å². The Bertz CT molecular complexity index is 507. The van der Waals surface area contributed by atoms with Gasteiger partial charge in [-0.25, -0.2) is 4.98 Å². The van der Waals surface area contributed by atoms with E-state index >= 15 is 0 Å². The molecule has 0 saturated heterocycles. The molecule has 0 saturated carbocycles. The van der Waals surface area contributed by atoms with Crippen LogP contribution in [0.25, 0.3) is 11.0 Å². The van der Waals surface area contributed by atoms with Crippen molar-refractivity contribution in [3.63, 3.8) is 0 Å². The van der Waals surface area contributed by atoms with Crippen molar-refractivity contribution in [1.82, 2.24) is 14.9 Å². The highest BCUT2D eigenvalue weighted by Crippen LogP contribution is 2.15. The maximum Gasteiger partial charge on any atom is 0.111 e. The van der Waals surface area contributed by atoms with Gasteiger partial charge in [-0.05, 0) is 25.6 Å². The molecule has 0 spiro atoms. The van der Waals surface area contributed by atoms with Crippen LogP contribution in [0.2, 0.25) is 0 Å². The Hall–Kier alpha value is -1.39. The van der Waals surface area contributed by atoms with Crippen molar-refractivity contribution in [1.29, 1.82) is 0 Å². The van der Waals surface area contributed by atoms with E-state index in [9.17, 15) is 0 Å². The number of hydrogen-bond acceptors (Lipinski definition) is 3.